The lowest BCUT2D eigenvalue weighted by atomic mass is 9.95. The molecule has 67 heavy (non-hydrogen) atoms. The maximum Gasteiger partial charge on any atom is 0.264 e. The average Bonchev–Trinajstić information content (AvgIpc) is 3.95. The first-order chi connectivity index (χ1) is 32.3. The van der Waals surface area contributed by atoms with E-state index in [0.717, 1.165) is 57.7 Å². The monoisotopic (exact) mass is 915 g/mol. The second-order valence-corrected chi connectivity index (χ2v) is 18.4. The number of likely N-dealkylation sites (tertiary alicyclic amines) is 1. The van der Waals surface area contributed by atoms with E-state index < -0.39 is 47.3 Å². The van der Waals surface area contributed by atoms with Gasteiger partial charge in [-0.15, -0.1) is 0 Å². The second kappa shape index (κ2) is 17.8. The zero-order valence-corrected chi connectivity index (χ0v) is 37.4. The van der Waals surface area contributed by atoms with Crippen molar-refractivity contribution in [2.24, 2.45) is 5.92 Å². The van der Waals surface area contributed by atoms with Crippen LogP contribution in [-0.2, 0) is 19.2 Å². The molecule has 5 aliphatic rings. The van der Waals surface area contributed by atoms with Crippen LogP contribution in [0, 0.1) is 31.4 Å². The van der Waals surface area contributed by atoms with Gasteiger partial charge in [-0.25, -0.2) is 13.8 Å². The molecule has 0 bridgehead atoms. The van der Waals surface area contributed by atoms with Gasteiger partial charge < -0.3 is 24.2 Å². The van der Waals surface area contributed by atoms with Crippen LogP contribution in [0.15, 0.2) is 59.1 Å². The number of hydrogen-bond acceptors (Lipinski definition) is 11. The molecule has 0 spiro atoms. The number of piperidine rings is 4. The third kappa shape index (κ3) is 8.14. The minimum atomic E-state index is -1.03. The van der Waals surface area contributed by atoms with Gasteiger partial charge in [0.2, 0.25) is 23.6 Å². The van der Waals surface area contributed by atoms with Gasteiger partial charge >= 0.3 is 0 Å². The molecular weight excluding hydrogens is 865 g/mol. The number of fused-ring (bicyclic) bond motifs is 2. The van der Waals surface area contributed by atoms with Crippen molar-refractivity contribution in [3.8, 4) is 11.1 Å². The molecule has 1 unspecified atom stereocenters. The first-order valence-corrected chi connectivity index (χ1v) is 23.2. The molecule has 5 aromatic rings. The van der Waals surface area contributed by atoms with Gasteiger partial charge in [0, 0.05) is 68.9 Å². The summed E-state index contributed by atoms with van der Waals surface area (Å²) < 4.78 is 36.4. The van der Waals surface area contributed by atoms with Gasteiger partial charge in [-0.3, -0.25) is 43.9 Å². The highest BCUT2D eigenvalue weighted by Crippen LogP contribution is 2.42. The summed E-state index contributed by atoms with van der Waals surface area (Å²) >= 11 is 0. The molecule has 4 fully saturated rings. The van der Waals surface area contributed by atoms with E-state index >= 15 is 0 Å². The van der Waals surface area contributed by atoms with Crippen LogP contribution in [-0.4, -0.2) is 105 Å². The minimum absolute atomic E-state index is 0.0157. The van der Waals surface area contributed by atoms with E-state index in [9.17, 15) is 37.5 Å². The van der Waals surface area contributed by atoms with Crippen LogP contribution in [0.1, 0.15) is 108 Å². The van der Waals surface area contributed by atoms with Crippen LogP contribution in [0.2, 0.25) is 0 Å². The number of imidazole rings is 1. The summed E-state index contributed by atoms with van der Waals surface area (Å²) in [6, 6.07) is 13.2. The fourth-order valence-electron chi connectivity index (χ4n) is 10.9. The number of hydrogen-bond donors (Lipinski definition) is 2. The molecule has 348 valence electrons. The van der Waals surface area contributed by atoms with Crippen LogP contribution in [0.4, 0.5) is 20.2 Å². The summed E-state index contributed by atoms with van der Waals surface area (Å²) in [5.41, 5.74) is 5.62. The molecule has 0 aliphatic carbocycles. The molecule has 4 saturated heterocycles. The Bertz CT molecular complexity index is 2820. The van der Waals surface area contributed by atoms with E-state index in [4.69, 9.17) is 9.51 Å². The van der Waals surface area contributed by atoms with Crippen molar-refractivity contribution in [2.45, 2.75) is 89.8 Å². The van der Waals surface area contributed by atoms with E-state index in [0.29, 0.717) is 75.7 Å². The lowest BCUT2D eigenvalue weighted by Crippen LogP contribution is -2.54. The van der Waals surface area contributed by atoms with Gasteiger partial charge in [-0.05, 0) is 107 Å². The SMILES string of the molecule is Cc1noc(C)c1-c1ccc2c(c1)nc([C@@H]1CCCC(=O)N1c1ccc(F)c(F)c1)n2C1CCN(CC(=O)NCC2CCN(c3cccc4c3C(=O)N(C3CCC(=O)NC3=O)C4=O)CC2)CC1. The van der Waals surface area contributed by atoms with Crippen molar-refractivity contribution in [3.05, 3.63) is 94.6 Å². The molecule has 2 aromatic heterocycles. The van der Waals surface area contributed by atoms with Crippen LogP contribution >= 0.6 is 0 Å². The summed E-state index contributed by atoms with van der Waals surface area (Å²) in [5, 5.41) is 9.53. The molecule has 10 rings (SSSR count). The predicted octanol–water partition coefficient (Wildman–Crippen LogP) is 5.92. The smallest absolute Gasteiger partial charge is 0.264 e. The van der Waals surface area contributed by atoms with E-state index in [2.05, 4.69) is 30.2 Å². The van der Waals surface area contributed by atoms with Crippen molar-refractivity contribution in [3.63, 3.8) is 0 Å². The van der Waals surface area contributed by atoms with Gasteiger partial charge in [0.1, 0.15) is 17.6 Å². The number of rotatable bonds is 10. The number of amides is 6. The maximum atomic E-state index is 14.6. The molecular formula is C49H51F2N9O7. The van der Waals surface area contributed by atoms with Crippen LogP contribution < -0.4 is 20.4 Å². The fraction of sp³-hybridized carbons (Fsp3) is 0.429. The normalized spacial score (nSPS) is 21.1. The Balaban J connectivity index is 0.788. The van der Waals surface area contributed by atoms with E-state index in [-0.39, 0.29) is 66.4 Å². The van der Waals surface area contributed by atoms with E-state index in [1.54, 1.807) is 17.0 Å². The topological polar surface area (TPSA) is 183 Å². The summed E-state index contributed by atoms with van der Waals surface area (Å²) in [5.74, 6) is -2.82. The molecule has 7 heterocycles. The molecule has 0 saturated carbocycles. The van der Waals surface area contributed by atoms with Crippen molar-refractivity contribution < 1.29 is 42.1 Å². The molecule has 16 nitrogen and oxygen atoms in total. The second-order valence-electron chi connectivity index (χ2n) is 18.4. The Morgan fingerprint density at radius 1 is 0.821 bits per heavy atom. The van der Waals surface area contributed by atoms with Gasteiger partial charge in [-0.2, -0.15) is 0 Å². The number of nitrogens with zero attached hydrogens (tertiary/aromatic N) is 7. The van der Waals surface area contributed by atoms with Crippen molar-refractivity contribution in [1.82, 2.24) is 35.1 Å². The third-order valence-electron chi connectivity index (χ3n) is 14.2. The first kappa shape index (κ1) is 44.0. The van der Waals surface area contributed by atoms with Gasteiger partial charge in [-0.1, -0.05) is 17.3 Å². The lowest BCUT2D eigenvalue weighted by Gasteiger charge is -2.38. The summed E-state index contributed by atoms with van der Waals surface area (Å²) in [6.07, 6.45) is 4.57. The zero-order chi connectivity index (χ0) is 46.7. The summed E-state index contributed by atoms with van der Waals surface area (Å²) in [7, 11) is 0. The Morgan fingerprint density at radius 2 is 1.61 bits per heavy atom. The zero-order valence-electron chi connectivity index (χ0n) is 37.4. The van der Waals surface area contributed by atoms with Gasteiger partial charge in [0.05, 0.1) is 46.1 Å². The number of halogens is 2. The average molecular weight is 916 g/mol. The van der Waals surface area contributed by atoms with Crippen LogP contribution in [0.25, 0.3) is 22.2 Å². The first-order valence-electron chi connectivity index (χ1n) is 23.2. The standard InChI is InChI=1S/C49H51F2N9O7/c1-27-44(28(2)67-55-27)30-9-12-37-36(23-30)53-46(39-7-4-8-43(63)58(39)32-10-11-34(50)35(51)24-32)59(37)31-17-19-56(20-18-31)26-42(62)52-25-29-15-21-57(22-16-29)38-6-3-5-33-45(38)49(66)60(48(33)65)40-13-14-41(61)54-47(40)64/h3,5-6,9-12,23-24,29,31,39-40H,4,7-8,13-22,25-26H2,1-2H3,(H,52,62)(H,54,61,64)/t39-,40?/m0/s1. The minimum Gasteiger partial charge on any atom is -0.371 e. The molecule has 18 heteroatoms. The largest absolute Gasteiger partial charge is 0.371 e. The highest BCUT2D eigenvalue weighted by Gasteiger charge is 2.46. The van der Waals surface area contributed by atoms with Crippen molar-refractivity contribution in [2.75, 3.05) is 49.1 Å². The highest BCUT2D eigenvalue weighted by atomic mass is 19.2. The number of nitrogens with one attached hydrogen (secondary N) is 2. The quantitative estimate of drug-likeness (QED) is 0.159. The van der Waals surface area contributed by atoms with E-state index in [1.807, 2.05) is 38.1 Å². The highest BCUT2D eigenvalue weighted by molar-refractivity contribution is 6.25. The lowest BCUT2D eigenvalue weighted by molar-refractivity contribution is -0.136. The number of anilines is 2. The molecule has 2 N–H and O–H groups in total. The number of carbonyl (C=O) groups is 6. The fourth-order valence-corrected chi connectivity index (χ4v) is 10.9. The Morgan fingerprint density at radius 3 is 2.34 bits per heavy atom. The number of aryl methyl sites for hydroxylation is 2. The van der Waals surface area contributed by atoms with Gasteiger partial charge in [0.15, 0.2) is 11.6 Å². The number of carbonyl (C=O) groups excluding carboxylic acids is 6. The Hall–Kier alpha value is -6.82. The maximum absolute atomic E-state index is 14.6. The van der Waals surface area contributed by atoms with Crippen LogP contribution in [0.3, 0.4) is 0 Å². The number of aromatic nitrogens is 3. The Labute approximate surface area is 384 Å². The molecule has 6 amide bonds. The predicted molar refractivity (Wildman–Crippen MR) is 241 cm³/mol. The van der Waals surface area contributed by atoms with Crippen molar-refractivity contribution in [1.29, 1.82) is 0 Å². The Kier molecular flexibility index (Phi) is 11.7. The molecule has 0 radical (unpaired) electrons. The number of benzene rings is 3. The summed E-state index contributed by atoms with van der Waals surface area (Å²) in [6.45, 7) is 7.02. The summed E-state index contributed by atoms with van der Waals surface area (Å²) in [4.78, 5) is 90.5. The number of imide groups is 2. The molecule has 2 atom stereocenters. The van der Waals surface area contributed by atoms with Gasteiger partial charge in [0.25, 0.3) is 11.8 Å². The molecule has 3 aromatic carbocycles. The van der Waals surface area contributed by atoms with E-state index in [1.165, 1.54) is 6.07 Å². The third-order valence-corrected chi connectivity index (χ3v) is 14.2. The van der Waals surface area contributed by atoms with Crippen molar-refractivity contribution >= 4 is 57.9 Å². The molecule has 5 aliphatic heterocycles. The van der Waals surface area contributed by atoms with Crippen LogP contribution in [0.5, 0.6) is 0 Å².